The maximum atomic E-state index is 12.5. The molecule has 0 saturated heterocycles. The lowest BCUT2D eigenvalue weighted by Crippen LogP contribution is -2.30. The van der Waals surface area contributed by atoms with Gasteiger partial charge in [0.15, 0.2) is 0 Å². The van der Waals surface area contributed by atoms with E-state index in [-0.39, 0.29) is 5.91 Å². The first-order valence-electron chi connectivity index (χ1n) is 7.09. The van der Waals surface area contributed by atoms with Crippen molar-refractivity contribution in [1.29, 1.82) is 0 Å². The van der Waals surface area contributed by atoms with E-state index < -0.39 is 0 Å². The molecule has 2 heteroatoms. The predicted molar refractivity (Wildman–Crippen MR) is 82.1 cm³/mol. The minimum Gasteiger partial charge on any atom is -0.312 e. The Morgan fingerprint density at radius 3 is 2.70 bits per heavy atom. The van der Waals surface area contributed by atoms with Gasteiger partial charge in [-0.3, -0.25) is 4.79 Å². The first kappa shape index (κ1) is 12.9. The van der Waals surface area contributed by atoms with Gasteiger partial charge in [-0.15, -0.1) is 0 Å². The molecule has 0 radical (unpaired) electrons. The van der Waals surface area contributed by atoms with Gasteiger partial charge in [0.2, 0.25) is 5.91 Å². The molecular formula is C18H19NO. The van der Waals surface area contributed by atoms with Gasteiger partial charge in [-0.1, -0.05) is 36.4 Å². The molecule has 1 amide bonds. The average molecular weight is 265 g/mol. The Bertz CT molecular complexity index is 660. The number of amides is 1. The van der Waals surface area contributed by atoms with Crippen LogP contribution in [0, 0.1) is 13.8 Å². The SMILES string of the molecule is Cc1ccc(CC(=O)N2CCc3ccccc32)cc1C. The van der Waals surface area contributed by atoms with Gasteiger partial charge >= 0.3 is 0 Å². The summed E-state index contributed by atoms with van der Waals surface area (Å²) in [6, 6.07) is 14.5. The van der Waals surface area contributed by atoms with Crippen molar-refractivity contribution in [2.45, 2.75) is 26.7 Å². The summed E-state index contributed by atoms with van der Waals surface area (Å²) in [5.41, 5.74) is 5.98. The van der Waals surface area contributed by atoms with Crippen molar-refractivity contribution in [3.8, 4) is 0 Å². The lowest BCUT2D eigenvalue weighted by Gasteiger charge is -2.17. The Balaban J connectivity index is 1.79. The van der Waals surface area contributed by atoms with E-state index in [1.807, 2.05) is 23.1 Å². The molecular weight excluding hydrogens is 246 g/mol. The molecule has 0 saturated carbocycles. The molecule has 1 aliphatic rings. The van der Waals surface area contributed by atoms with Crippen LogP contribution in [0.5, 0.6) is 0 Å². The summed E-state index contributed by atoms with van der Waals surface area (Å²) in [5.74, 6) is 0.193. The first-order valence-corrected chi connectivity index (χ1v) is 7.09. The maximum absolute atomic E-state index is 12.5. The fourth-order valence-corrected chi connectivity index (χ4v) is 2.78. The Kier molecular flexibility index (Phi) is 3.31. The molecule has 2 nitrogen and oxygen atoms in total. The van der Waals surface area contributed by atoms with Crippen molar-refractivity contribution < 1.29 is 4.79 Å². The van der Waals surface area contributed by atoms with Gasteiger partial charge in [-0.2, -0.15) is 0 Å². The van der Waals surface area contributed by atoms with Gasteiger partial charge in [0, 0.05) is 12.2 Å². The van der Waals surface area contributed by atoms with Crippen LogP contribution in [0.2, 0.25) is 0 Å². The molecule has 0 atom stereocenters. The van der Waals surface area contributed by atoms with Crippen LogP contribution in [0.15, 0.2) is 42.5 Å². The fraction of sp³-hybridized carbons (Fsp3) is 0.278. The van der Waals surface area contributed by atoms with E-state index >= 15 is 0 Å². The Morgan fingerprint density at radius 2 is 1.90 bits per heavy atom. The highest BCUT2D eigenvalue weighted by atomic mass is 16.2. The van der Waals surface area contributed by atoms with Crippen LogP contribution in [0.25, 0.3) is 0 Å². The predicted octanol–water partition coefficient (Wildman–Crippen LogP) is 3.44. The Labute approximate surface area is 120 Å². The zero-order valence-corrected chi connectivity index (χ0v) is 12.0. The molecule has 0 aromatic heterocycles. The highest BCUT2D eigenvalue weighted by Gasteiger charge is 2.23. The van der Waals surface area contributed by atoms with Crippen LogP contribution >= 0.6 is 0 Å². The Hall–Kier alpha value is -2.09. The summed E-state index contributed by atoms with van der Waals surface area (Å²) in [6.45, 7) is 5.00. The number of aryl methyl sites for hydroxylation is 2. The second-order valence-electron chi connectivity index (χ2n) is 5.52. The third-order valence-electron chi connectivity index (χ3n) is 4.11. The number of fused-ring (bicyclic) bond motifs is 1. The van der Waals surface area contributed by atoms with Crippen LogP contribution in [0.3, 0.4) is 0 Å². The molecule has 2 aromatic carbocycles. The second-order valence-corrected chi connectivity index (χ2v) is 5.52. The van der Waals surface area contributed by atoms with E-state index in [4.69, 9.17) is 0 Å². The van der Waals surface area contributed by atoms with E-state index in [9.17, 15) is 4.79 Å². The first-order chi connectivity index (χ1) is 9.65. The number of hydrogen-bond donors (Lipinski definition) is 0. The number of rotatable bonds is 2. The lowest BCUT2D eigenvalue weighted by molar-refractivity contribution is -0.117. The smallest absolute Gasteiger partial charge is 0.231 e. The van der Waals surface area contributed by atoms with Gasteiger partial charge in [0.1, 0.15) is 0 Å². The fourth-order valence-electron chi connectivity index (χ4n) is 2.78. The van der Waals surface area contributed by atoms with Crippen molar-refractivity contribution in [1.82, 2.24) is 0 Å². The summed E-state index contributed by atoms with van der Waals surface area (Å²) in [5, 5.41) is 0. The van der Waals surface area contributed by atoms with Gasteiger partial charge in [0.05, 0.1) is 6.42 Å². The molecule has 0 aliphatic carbocycles. The number of carbonyl (C=O) groups is 1. The molecule has 0 bridgehead atoms. The molecule has 0 N–H and O–H groups in total. The maximum Gasteiger partial charge on any atom is 0.231 e. The van der Waals surface area contributed by atoms with Crippen LogP contribution in [0.1, 0.15) is 22.3 Å². The lowest BCUT2D eigenvalue weighted by atomic mass is 10.0. The number of nitrogens with zero attached hydrogens (tertiary/aromatic N) is 1. The number of hydrogen-bond acceptors (Lipinski definition) is 1. The summed E-state index contributed by atoms with van der Waals surface area (Å²) in [7, 11) is 0. The second kappa shape index (κ2) is 5.12. The topological polar surface area (TPSA) is 20.3 Å². The monoisotopic (exact) mass is 265 g/mol. The van der Waals surface area contributed by atoms with E-state index in [2.05, 4.69) is 38.1 Å². The highest BCUT2D eigenvalue weighted by molar-refractivity contribution is 5.96. The molecule has 0 spiro atoms. The molecule has 0 unspecified atom stereocenters. The van der Waals surface area contributed by atoms with Gasteiger partial charge in [0.25, 0.3) is 0 Å². The Morgan fingerprint density at radius 1 is 1.10 bits per heavy atom. The third kappa shape index (κ3) is 2.34. The molecule has 1 aliphatic heterocycles. The summed E-state index contributed by atoms with van der Waals surface area (Å²) in [4.78, 5) is 14.4. The minimum absolute atomic E-state index is 0.193. The molecule has 0 fully saturated rings. The van der Waals surface area contributed by atoms with E-state index in [1.54, 1.807) is 0 Å². The molecule has 102 valence electrons. The molecule has 2 aromatic rings. The molecule has 3 rings (SSSR count). The summed E-state index contributed by atoms with van der Waals surface area (Å²) in [6.07, 6.45) is 1.45. The van der Waals surface area contributed by atoms with Gasteiger partial charge < -0.3 is 4.90 Å². The van der Waals surface area contributed by atoms with Crippen molar-refractivity contribution in [2.24, 2.45) is 0 Å². The average Bonchev–Trinajstić information content (AvgIpc) is 2.87. The van der Waals surface area contributed by atoms with Gasteiger partial charge in [-0.05, 0) is 48.6 Å². The third-order valence-corrected chi connectivity index (χ3v) is 4.11. The summed E-state index contributed by atoms with van der Waals surface area (Å²) >= 11 is 0. The van der Waals surface area contributed by atoms with E-state index in [0.29, 0.717) is 6.42 Å². The van der Waals surface area contributed by atoms with Crippen LogP contribution in [-0.4, -0.2) is 12.5 Å². The van der Waals surface area contributed by atoms with Crippen LogP contribution < -0.4 is 4.90 Å². The normalized spacial score (nSPS) is 13.4. The molecule has 1 heterocycles. The minimum atomic E-state index is 0.193. The van der Waals surface area contributed by atoms with Crippen molar-refractivity contribution in [3.63, 3.8) is 0 Å². The quantitative estimate of drug-likeness (QED) is 0.814. The summed E-state index contributed by atoms with van der Waals surface area (Å²) < 4.78 is 0. The molecule has 20 heavy (non-hydrogen) atoms. The zero-order chi connectivity index (χ0) is 14.1. The van der Waals surface area contributed by atoms with Crippen LogP contribution in [0.4, 0.5) is 5.69 Å². The number of benzene rings is 2. The van der Waals surface area contributed by atoms with Crippen molar-refractivity contribution in [3.05, 3.63) is 64.7 Å². The standard InChI is InChI=1S/C18H19NO/c1-13-7-8-15(11-14(13)2)12-18(20)19-10-9-16-5-3-4-6-17(16)19/h3-8,11H,9-10,12H2,1-2H3. The number of anilines is 1. The number of carbonyl (C=O) groups excluding carboxylic acids is 1. The van der Waals surface area contributed by atoms with Crippen molar-refractivity contribution >= 4 is 11.6 Å². The van der Waals surface area contributed by atoms with Gasteiger partial charge in [-0.25, -0.2) is 0 Å². The van der Waals surface area contributed by atoms with Crippen molar-refractivity contribution in [2.75, 3.05) is 11.4 Å². The van der Waals surface area contributed by atoms with Crippen LogP contribution in [-0.2, 0) is 17.6 Å². The zero-order valence-electron chi connectivity index (χ0n) is 12.0. The van der Waals surface area contributed by atoms with E-state index in [0.717, 1.165) is 24.2 Å². The highest BCUT2D eigenvalue weighted by Crippen LogP contribution is 2.28. The van der Waals surface area contributed by atoms with E-state index in [1.165, 1.54) is 16.7 Å². The largest absolute Gasteiger partial charge is 0.312 e. The number of para-hydroxylation sites is 1.